The van der Waals surface area contributed by atoms with Gasteiger partial charge in [-0.1, -0.05) is 23.8 Å². The topological polar surface area (TPSA) is 86.2 Å². The molecular weight excluding hydrogens is 188 g/mol. The Hall–Kier alpha value is -0.650. The van der Waals surface area contributed by atoms with Gasteiger partial charge in [0.2, 0.25) is 10.0 Å². The molecule has 0 aromatic carbocycles. The number of hydrogen-bond donors (Lipinski definition) is 2. The van der Waals surface area contributed by atoms with Gasteiger partial charge in [0.25, 0.3) is 0 Å². The third-order valence-electron chi connectivity index (χ3n) is 1.99. The van der Waals surface area contributed by atoms with E-state index in [0.717, 1.165) is 12.0 Å². The first-order chi connectivity index (χ1) is 6.04. The van der Waals surface area contributed by atoms with Gasteiger partial charge >= 0.3 is 0 Å². The van der Waals surface area contributed by atoms with E-state index < -0.39 is 15.3 Å². The van der Waals surface area contributed by atoms with Crippen molar-refractivity contribution >= 4 is 10.0 Å². The van der Waals surface area contributed by atoms with Crippen LogP contribution in [0.5, 0.6) is 0 Å². The van der Waals surface area contributed by atoms with Crippen molar-refractivity contribution in [2.45, 2.75) is 18.1 Å². The largest absolute Gasteiger partial charge is 0.330 e. The lowest BCUT2D eigenvalue weighted by Crippen LogP contribution is -2.27. The average Bonchev–Trinajstić information content (AvgIpc) is 2.04. The van der Waals surface area contributed by atoms with Crippen LogP contribution in [0.2, 0.25) is 0 Å². The van der Waals surface area contributed by atoms with Crippen molar-refractivity contribution in [1.82, 2.24) is 0 Å². The smallest absolute Gasteiger partial charge is 0.215 e. The lowest BCUT2D eigenvalue weighted by atomic mass is 10.0. The highest BCUT2D eigenvalue weighted by atomic mass is 32.2. The minimum absolute atomic E-state index is 0.463. The Morgan fingerprint density at radius 1 is 1.54 bits per heavy atom. The monoisotopic (exact) mass is 202 g/mol. The summed E-state index contributed by atoms with van der Waals surface area (Å²) < 4.78 is 21.8. The van der Waals surface area contributed by atoms with Crippen LogP contribution in [0.4, 0.5) is 0 Å². The number of sulfonamides is 1. The predicted molar refractivity (Wildman–Crippen MR) is 52.4 cm³/mol. The van der Waals surface area contributed by atoms with Gasteiger partial charge in [0.1, 0.15) is 0 Å². The molecule has 1 atom stereocenters. The van der Waals surface area contributed by atoms with Gasteiger partial charge in [-0.3, -0.25) is 0 Å². The number of primary sulfonamides is 1. The molecule has 1 aliphatic carbocycles. The first-order valence-electron chi connectivity index (χ1n) is 4.13. The molecule has 0 aromatic rings. The SMILES string of the molecule is NCCC1=CCC(S(N)(=O)=O)C=C1. The van der Waals surface area contributed by atoms with Gasteiger partial charge < -0.3 is 5.73 Å². The standard InChI is InChI=1S/C8H14N2O2S/c9-6-5-7-1-3-8(4-2-7)13(10,11)12/h1-3,8H,4-6,9H2,(H2,10,11,12). The summed E-state index contributed by atoms with van der Waals surface area (Å²) in [5.74, 6) is 0. The summed E-state index contributed by atoms with van der Waals surface area (Å²) in [6, 6.07) is 0. The molecule has 1 rings (SSSR count). The van der Waals surface area contributed by atoms with Gasteiger partial charge in [-0.2, -0.15) is 0 Å². The summed E-state index contributed by atoms with van der Waals surface area (Å²) in [7, 11) is -3.43. The third-order valence-corrected chi connectivity index (χ3v) is 3.19. The fourth-order valence-electron chi connectivity index (χ4n) is 1.24. The zero-order valence-corrected chi connectivity index (χ0v) is 8.13. The van der Waals surface area contributed by atoms with E-state index in [1.807, 2.05) is 6.08 Å². The predicted octanol–water partition coefficient (Wildman–Crippen LogP) is -0.121. The van der Waals surface area contributed by atoms with Crippen LogP contribution in [-0.2, 0) is 10.0 Å². The van der Waals surface area contributed by atoms with E-state index >= 15 is 0 Å². The van der Waals surface area contributed by atoms with Gasteiger partial charge in [0.15, 0.2) is 0 Å². The van der Waals surface area contributed by atoms with Gasteiger partial charge in [-0.15, -0.1) is 0 Å². The normalized spacial score (nSPS) is 22.9. The van der Waals surface area contributed by atoms with E-state index in [2.05, 4.69) is 0 Å². The van der Waals surface area contributed by atoms with Crippen LogP contribution >= 0.6 is 0 Å². The highest BCUT2D eigenvalue weighted by molar-refractivity contribution is 7.89. The quantitative estimate of drug-likeness (QED) is 0.669. The van der Waals surface area contributed by atoms with Crippen LogP contribution in [0.25, 0.3) is 0 Å². The molecule has 4 N–H and O–H groups in total. The van der Waals surface area contributed by atoms with Crippen LogP contribution in [0.15, 0.2) is 23.8 Å². The van der Waals surface area contributed by atoms with Crippen LogP contribution in [0.1, 0.15) is 12.8 Å². The minimum Gasteiger partial charge on any atom is -0.330 e. The zero-order chi connectivity index (χ0) is 9.90. The summed E-state index contributed by atoms with van der Waals surface area (Å²) in [4.78, 5) is 0. The van der Waals surface area contributed by atoms with E-state index in [-0.39, 0.29) is 0 Å². The maximum atomic E-state index is 10.9. The number of allylic oxidation sites excluding steroid dienone is 2. The van der Waals surface area contributed by atoms with Crippen LogP contribution in [-0.4, -0.2) is 20.2 Å². The first-order valence-corrected chi connectivity index (χ1v) is 5.74. The molecule has 1 aliphatic rings. The number of nitrogens with two attached hydrogens (primary N) is 2. The van der Waals surface area contributed by atoms with E-state index in [4.69, 9.17) is 10.9 Å². The van der Waals surface area contributed by atoms with Crippen LogP contribution in [0, 0.1) is 0 Å². The van der Waals surface area contributed by atoms with E-state index in [1.54, 1.807) is 12.2 Å². The zero-order valence-electron chi connectivity index (χ0n) is 7.31. The van der Waals surface area contributed by atoms with Gasteiger partial charge in [0, 0.05) is 0 Å². The molecule has 0 aliphatic heterocycles. The molecule has 74 valence electrons. The fraction of sp³-hybridized carbons (Fsp3) is 0.500. The minimum atomic E-state index is -3.43. The van der Waals surface area contributed by atoms with Crippen molar-refractivity contribution in [3.05, 3.63) is 23.8 Å². The fourth-order valence-corrected chi connectivity index (χ4v) is 1.90. The molecule has 0 fully saturated rings. The van der Waals surface area contributed by atoms with E-state index in [9.17, 15) is 8.42 Å². The molecule has 0 heterocycles. The summed E-state index contributed by atoms with van der Waals surface area (Å²) in [5.41, 5.74) is 6.45. The third kappa shape index (κ3) is 2.95. The second-order valence-electron chi connectivity index (χ2n) is 3.04. The van der Waals surface area contributed by atoms with Crippen molar-refractivity contribution < 1.29 is 8.42 Å². The second kappa shape index (κ2) is 4.04. The van der Waals surface area contributed by atoms with Crippen molar-refractivity contribution in [3.8, 4) is 0 Å². The lowest BCUT2D eigenvalue weighted by molar-refractivity contribution is 0.589. The Morgan fingerprint density at radius 3 is 2.62 bits per heavy atom. The Balaban J connectivity index is 2.64. The number of hydrogen-bond acceptors (Lipinski definition) is 3. The average molecular weight is 202 g/mol. The molecule has 0 radical (unpaired) electrons. The summed E-state index contributed by atoms with van der Waals surface area (Å²) in [5, 5.41) is 4.44. The Kier molecular flexibility index (Phi) is 3.24. The Bertz CT molecular complexity index is 330. The second-order valence-corrected chi connectivity index (χ2v) is 4.82. The summed E-state index contributed by atoms with van der Waals surface area (Å²) in [6.45, 7) is 0.580. The molecule has 4 nitrogen and oxygen atoms in total. The maximum absolute atomic E-state index is 10.9. The first kappa shape index (κ1) is 10.4. The van der Waals surface area contributed by atoms with Gasteiger partial charge in [-0.25, -0.2) is 13.6 Å². The van der Waals surface area contributed by atoms with E-state index in [0.29, 0.717) is 13.0 Å². The molecule has 1 unspecified atom stereocenters. The van der Waals surface area contributed by atoms with Gasteiger partial charge in [0.05, 0.1) is 5.25 Å². The van der Waals surface area contributed by atoms with Crippen molar-refractivity contribution in [3.63, 3.8) is 0 Å². The molecule has 0 spiro atoms. The van der Waals surface area contributed by atoms with Crippen molar-refractivity contribution in [2.75, 3.05) is 6.54 Å². The highest BCUT2D eigenvalue weighted by Gasteiger charge is 2.19. The molecule has 0 saturated carbocycles. The maximum Gasteiger partial charge on any atom is 0.215 e. The highest BCUT2D eigenvalue weighted by Crippen LogP contribution is 2.16. The molecular formula is C8H14N2O2S. The lowest BCUT2D eigenvalue weighted by Gasteiger charge is -2.13. The molecule has 13 heavy (non-hydrogen) atoms. The molecule has 0 amide bonds. The summed E-state index contributed by atoms with van der Waals surface area (Å²) in [6.07, 6.45) is 6.53. The van der Waals surface area contributed by atoms with Crippen LogP contribution < -0.4 is 10.9 Å². The molecule has 0 aromatic heterocycles. The molecule has 0 bridgehead atoms. The number of rotatable bonds is 3. The Morgan fingerprint density at radius 2 is 2.23 bits per heavy atom. The molecule has 5 heteroatoms. The van der Waals surface area contributed by atoms with E-state index in [1.165, 1.54) is 0 Å². The summed E-state index contributed by atoms with van der Waals surface area (Å²) >= 11 is 0. The van der Waals surface area contributed by atoms with Crippen molar-refractivity contribution in [2.24, 2.45) is 10.9 Å². The Labute approximate surface area is 78.3 Å². The molecule has 0 saturated heterocycles. The van der Waals surface area contributed by atoms with Gasteiger partial charge in [-0.05, 0) is 19.4 Å². The van der Waals surface area contributed by atoms with Crippen LogP contribution in [0.3, 0.4) is 0 Å². The van der Waals surface area contributed by atoms with Crippen molar-refractivity contribution in [1.29, 1.82) is 0 Å².